The first-order valence-corrected chi connectivity index (χ1v) is 7.45. The maximum absolute atomic E-state index is 12.2. The molecule has 1 aliphatic heterocycles. The number of esters is 2. The van der Waals surface area contributed by atoms with Gasteiger partial charge in [-0.2, -0.15) is 0 Å². The maximum atomic E-state index is 12.2. The number of nitro groups is 1. The van der Waals surface area contributed by atoms with Crippen LogP contribution in [0.2, 0.25) is 0 Å². The number of nitro benzene ring substituents is 1. The Bertz CT molecular complexity index is 1020. The van der Waals surface area contributed by atoms with Crippen molar-refractivity contribution in [2.75, 3.05) is 0 Å². The molecule has 1 heterocycles. The molecule has 0 radical (unpaired) electrons. The normalized spacial score (nSPS) is 22.8. The van der Waals surface area contributed by atoms with Gasteiger partial charge in [0.1, 0.15) is 0 Å². The molecule has 0 amide bonds. The number of nitrogens with zero attached hydrogens (tertiary/aromatic N) is 1. The van der Waals surface area contributed by atoms with E-state index in [0.717, 1.165) is 16.7 Å². The third-order valence-corrected chi connectivity index (χ3v) is 5.01. The zero-order chi connectivity index (χ0) is 16.6. The summed E-state index contributed by atoms with van der Waals surface area (Å²) in [6.07, 6.45) is 0. The summed E-state index contributed by atoms with van der Waals surface area (Å²) in [7, 11) is 0. The van der Waals surface area contributed by atoms with Crippen molar-refractivity contribution in [3.63, 3.8) is 0 Å². The lowest BCUT2D eigenvalue weighted by molar-refractivity contribution is -0.384. The van der Waals surface area contributed by atoms with Crippen LogP contribution in [0.1, 0.15) is 34.1 Å². The molecule has 0 unspecified atom stereocenters. The molecule has 2 bridgehead atoms. The number of cyclic esters (lactones) is 2. The molecule has 0 saturated heterocycles. The molecule has 2 atom stereocenters. The van der Waals surface area contributed by atoms with Crippen molar-refractivity contribution in [3.8, 4) is 0 Å². The summed E-state index contributed by atoms with van der Waals surface area (Å²) in [6.45, 7) is 0. The molecule has 2 aromatic rings. The van der Waals surface area contributed by atoms with Gasteiger partial charge in [-0.1, -0.05) is 30.3 Å². The van der Waals surface area contributed by atoms with Crippen LogP contribution in [0, 0.1) is 10.1 Å². The van der Waals surface area contributed by atoms with E-state index in [9.17, 15) is 19.7 Å². The van der Waals surface area contributed by atoms with Crippen LogP contribution in [-0.2, 0) is 14.3 Å². The van der Waals surface area contributed by atoms with Gasteiger partial charge in [-0.05, 0) is 22.3 Å². The molecule has 0 saturated carbocycles. The fourth-order valence-electron chi connectivity index (χ4n) is 4.14. The van der Waals surface area contributed by atoms with Gasteiger partial charge >= 0.3 is 11.9 Å². The Balaban J connectivity index is 1.86. The van der Waals surface area contributed by atoms with Crippen LogP contribution in [0.5, 0.6) is 0 Å². The Labute approximate surface area is 135 Å². The highest BCUT2D eigenvalue weighted by Gasteiger charge is 2.52. The van der Waals surface area contributed by atoms with Crippen molar-refractivity contribution >= 4 is 17.6 Å². The highest BCUT2D eigenvalue weighted by atomic mass is 16.6. The lowest BCUT2D eigenvalue weighted by atomic mass is 9.61. The lowest BCUT2D eigenvalue weighted by Crippen LogP contribution is -2.29. The van der Waals surface area contributed by atoms with Crippen LogP contribution in [0.15, 0.2) is 53.6 Å². The first kappa shape index (κ1) is 13.2. The Hall–Kier alpha value is -3.28. The van der Waals surface area contributed by atoms with Crippen molar-refractivity contribution < 1.29 is 19.2 Å². The van der Waals surface area contributed by atoms with Crippen LogP contribution in [0.3, 0.4) is 0 Å². The molecule has 2 aromatic carbocycles. The molecule has 0 fully saturated rings. The first-order valence-electron chi connectivity index (χ1n) is 7.45. The molecular weight excluding hydrogens is 310 g/mol. The number of carbonyl (C=O) groups excluding carboxylic acids is 2. The Morgan fingerprint density at radius 1 is 0.833 bits per heavy atom. The number of non-ortho nitro benzene ring substituents is 1. The fourth-order valence-corrected chi connectivity index (χ4v) is 4.14. The van der Waals surface area contributed by atoms with E-state index >= 15 is 0 Å². The van der Waals surface area contributed by atoms with Gasteiger partial charge in [-0.25, -0.2) is 9.59 Å². The van der Waals surface area contributed by atoms with Crippen molar-refractivity contribution in [1.29, 1.82) is 0 Å². The van der Waals surface area contributed by atoms with Crippen LogP contribution >= 0.6 is 0 Å². The summed E-state index contributed by atoms with van der Waals surface area (Å²) >= 11 is 0. The van der Waals surface area contributed by atoms with Gasteiger partial charge in [0, 0.05) is 24.0 Å². The molecular formula is C18H9NO5. The van der Waals surface area contributed by atoms with Crippen LogP contribution in [-0.4, -0.2) is 16.9 Å². The van der Waals surface area contributed by atoms with E-state index in [-0.39, 0.29) is 5.69 Å². The van der Waals surface area contributed by atoms with Gasteiger partial charge in [-0.3, -0.25) is 10.1 Å². The summed E-state index contributed by atoms with van der Waals surface area (Å²) in [5, 5.41) is 11.1. The summed E-state index contributed by atoms with van der Waals surface area (Å²) in [6, 6.07) is 12.2. The fraction of sp³-hybridized carbons (Fsp3) is 0.111. The third kappa shape index (κ3) is 1.40. The Kier molecular flexibility index (Phi) is 2.29. The van der Waals surface area contributed by atoms with Gasteiger partial charge < -0.3 is 4.74 Å². The van der Waals surface area contributed by atoms with E-state index in [2.05, 4.69) is 0 Å². The first-order chi connectivity index (χ1) is 11.6. The van der Waals surface area contributed by atoms with E-state index in [1.54, 1.807) is 6.07 Å². The highest BCUT2D eigenvalue weighted by Crippen LogP contribution is 2.57. The molecule has 116 valence electrons. The number of rotatable bonds is 1. The molecule has 4 aliphatic rings. The van der Waals surface area contributed by atoms with E-state index in [1.165, 1.54) is 12.1 Å². The molecule has 6 nitrogen and oxygen atoms in total. The van der Waals surface area contributed by atoms with Crippen molar-refractivity contribution in [2.45, 2.75) is 11.8 Å². The summed E-state index contributed by atoms with van der Waals surface area (Å²) in [5.41, 5.74) is 4.07. The zero-order valence-electron chi connectivity index (χ0n) is 12.2. The predicted octanol–water partition coefficient (Wildman–Crippen LogP) is 2.57. The average Bonchev–Trinajstić information content (AvgIpc) is 2.89. The van der Waals surface area contributed by atoms with Gasteiger partial charge in [0.05, 0.1) is 16.1 Å². The second-order valence-electron chi connectivity index (χ2n) is 6.07. The minimum Gasteiger partial charge on any atom is -0.386 e. The largest absolute Gasteiger partial charge is 0.386 e. The van der Waals surface area contributed by atoms with Gasteiger partial charge in [0.15, 0.2) is 0 Å². The number of ether oxygens (including phenoxy) is 1. The van der Waals surface area contributed by atoms with Crippen molar-refractivity contribution in [3.05, 3.63) is 86.0 Å². The third-order valence-electron chi connectivity index (χ3n) is 5.01. The van der Waals surface area contributed by atoms with E-state index in [4.69, 9.17) is 4.74 Å². The molecule has 6 heteroatoms. The maximum Gasteiger partial charge on any atom is 0.343 e. The number of benzene rings is 2. The van der Waals surface area contributed by atoms with Crippen molar-refractivity contribution in [1.82, 2.24) is 0 Å². The summed E-state index contributed by atoms with van der Waals surface area (Å²) < 4.78 is 4.84. The Morgan fingerprint density at radius 2 is 1.38 bits per heavy atom. The zero-order valence-corrected chi connectivity index (χ0v) is 12.2. The number of hydrogen-bond acceptors (Lipinski definition) is 5. The van der Waals surface area contributed by atoms with Gasteiger partial charge in [0.25, 0.3) is 5.69 Å². The van der Waals surface area contributed by atoms with Crippen LogP contribution < -0.4 is 0 Å². The predicted molar refractivity (Wildman–Crippen MR) is 81.3 cm³/mol. The topological polar surface area (TPSA) is 86.5 Å². The van der Waals surface area contributed by atoms with E-state index in [0.29, 0.717) is 16.7 Å². The van der Waals surface area contributed by atoms with Gasteiger partial charge in [0.2, 0.25) is 0 Å². The van der Waals surface area contributed by atoms with Crippen molar-refractivity contribution in [2.24, 2.45) is 0 Å². The number of carbonyl (C=O) groups is 2. The van der Waals surface area contributed by atoms with E-state index < -0.39 is 28.7 Å². The molecule has 0 spiro atoms. The minimum absolute atomic E-state index is 0.0291. The monoisotopic (exact) mass is 319 g/mol. The van der Waals surface area contributed by atoms with Gasteiger partial charge in [-0.15, -0.1) is 0 Å². The SMILES string of the molecule is O=C1OC(=O)C2=C1[C@@H]1c3ccccc3[C@H]2c2cc([N+](=O)[O-])ccc21. The smallest absolute Gasteiger partial charge is 0.343 e. The standard InChI is InChI=1S/C18H9NO5/c20-17-15-13-9-3-1-2-4-10(9)14(16(15)18(21)24-17)12-7-8(19(22)23)5-6-11(12)13/h1-7,13-14H/t13-,14+/m1/s1. The van der Waals surface area contributed by atoms with E-state index in [1.807, 2.05) is 24.3 Å². The average molecular weight is 319 g/mol. The van der Waals surface area contributed by atoms with Crippen LogP contribution in [0.4, 0.5) is 5.69 Å². The Morgan fingerprint density at radius 3 is 1.96 bits per heavy atom. The number of hydrogen-bond donors (Lipinski definition) is 0. The van der Waals surface area contributed by atoms with Crippen LogP contribution in [0.25, 0.3) is 0 Å². The molecule has 0 aromatic heterocycles. The lowest BCUT2D eigenvalue weighted by Gasteiger charge is -2.39. The second-order valence-corrected chi connectivity index (χ2v) is 6.07. The quantitative estimate of drug-likeness (QED) is 0.349. The molecule has 0 N–H and O–H groups in total. The molecule has 3 aliphatic carbocycles. The highest BCUT2D eigenvalue weighted by molar-refractivity contribution is 6.16. The molecule has 6 rings (SSSR count). The summed E-state index contributed by atoms with van der Waals surface area (Å²) in [5.74, 6) is -2.15. The second kappa shape index (κ2) is 4.17. The minimum atomic E-state index is -0.642. The summed E-state index contributed by atoms with van der Waals surface area (Å²) in [4.78, 5) is 35.1. The molecule has 24 heavy (non-hydrogen) atoms.